The summed E-state index contributed by atoms with van der Waals surface area (Å²) < 4.78 is 91.1. The van der Waals surface area contributed by atoms with Crippen molar-refractivity contribution in [3.63, 3.8) is 0 Å². The van der Waals surface area contributed by atoms with Gasteiger partial charge in [-0.1, -0.05) is 53.4 Å². The largest absolute Gasteiger partial charge is 0.403 e. The number of nitrogens with one attached hydrogen (secondary N) is 2. The van der Waals surface area contributed by atoms with Crippen molar-refractivity contribution < 1.29 is 35.9 Å². The van der Waals surface area contributed by atoms with Gasteiger partial charge in [0.25, 0.3) is 0 Å². The van der Waals surface area contributed by atoms with Gasteiger partial charge in [-0.25, -0.2) is 0 Å². The van der Waals surface area contributed by atoms with E-state index >= 15 is 26.3 Å². The van der Waals surface area contributed by atoms with E-state index in [1.807, 2.05) is 13.8 Å². The Morgan fingerprint density at radius 2 is 0.907 bits per heavy atom. The van der Waals surface area contributed by atoms with Gasteiger partial charge >= 0.3 is 12.4 Å². The van der Waals surface area contributed by atoms with E-state index in [-0.39, 0.29) is 74.0 Å². The van der Waals surface area contributed by atoms with Gasteiger partial charge in [-0.2, -0.15) is 26.3 Å². The topological polar surface area (TPSA) is 58.2 Å². The fraction of sp³-hybridized carbons (Fsp3) is 0.939. The van der Waals surface area contributed by atoms with Gasteiger partial charge in [0.1, 0.15) is 0 Å². The molecule has 0 aromatic heterocycles. The first-order valence-corrected chi connectivity index (χ1v) is 16.8. The van der Waals surface area contributed by atoms with Crippen LogP contribution in [0.4, 0.5) is 26.3 Å². The molecule has 43 heavy (non-hydrogen) atoms. The first-order chi connectivity index (χ1) is 20.0. The van der Waals surface area contributed by atoms with Gasteiger partial charge in [-0.3, -0.25) is 9.59 Å². The normalized spacial score (nSPS) is 38.3. The maximum absolute atomic E-state index is 15.2. The third-order valence-corrected chi connectivity index (χ3v) is 11.9. The van der Waals surface area contributed by atoms with Gasteiger partial charge in [0, 0.05) is 23.9 Å². The number of hydrogen-bond donors (Lipinski definition) is 2. The van der Waals surface area contributed by atoms with E-state index in [0.717, 1.165) is 25.7 Å². The molecule has 10 unspecified atom stereocenters. The van der Waals surface area contributed by atoms with Crippen molar-refractivity contribution in [2.45, 2.75) is 142 Å². The maximum Gasteiger partial charge on any atom is 0.403 e. The highest BCUT2D eigenvalue weighted by Crippen LogP contribution is 2.65. The average Bonchev–Trinajstić information content (AvgIpc) is 2.91. The lowest BCUT2D eigenvalue weighted by Crippen LogP contribution is -2.63. The van der Waals surface area contributed by atoms with Crippen LogP contribution in [-0.4, -0.2) is 36.3 Å². The first kappa shape index (κ1) is 34.4. The zero-order valence-corrected chi connectivity index (χ0v) is 26.3. The third-order valence-electron chi connectivity index (χ3n) is 11.9. The second-order valence-electron chi connectivity index (χ2n) is 15.0. The highest BCUT2D eigenvalue weighted by molar-refractivity contribution is 5.79. The molecule has 0 saturated heterocycles. The monoisotopic (exact) mass is 622 g/mol. The summed E-state index contributed by atoms with van der Waals surface area (Å²) in [5.41, 5.74) is -3.90. The summed E-state index contributed by atoms with van der Waals surface area (Å²) in [7, 11) is 0. The van der Waals surface area contributed by atoms with E-state index in [2.05, 4.69) is 24.5 Å². The molecule has 0 aliphatic heterocycles. The standard InChI is InChI=1S/C33H52F6N2O2/c1-19-7-5-9-23(15-19)29(42)40-27-17-25(13-11-21(27)3)31(32(34,35)36,33(37,38)39)26-14-12-22(4)28(18-26)41-30(43)24-10-6-8-20(2)16-24/h19-28H,5-18H2,1-4H3,(H,40,42)(H,41,43). The Morgan fingerprint density at radius 3 is 1.23 bits per heavy atom. The summed E-state index contributed by atoms with van der Waals surface area (Å²) >= 11 is 0. The van der Waals surface area contributed by atoms with Gasteiger partial charge in [0.15, 0.2) is 5.41 Å². The molecule has 0 spiro atoms. The fourth-order valence-corrected chi connectivity index (χ4v) is 9.24. The van der Waals surface area contributed by atoms with Crippen LogP contribution in [0.15, 0.2) is 0 Å². The average molecular weight is 623 g/mol. The molecule has 10 heteroatoms. The molecule has 0 aromatic rings. The second-order valence-corrected chi connectivity index (χ2v) is 15.0. The lowest BCUT2D eigenvalue weighted by atomic mass is 9.55. The molecule has 4 fully saturated rings. The smallest absolute Gasteiger partial charge is 0.353 e. The zero-order chi connectivity index (χ0) is 31.7. The molecule has 10 atom stereocenters. The number of alkyl halides is 6. The van der Waals surface area contributed by atoms with Crippen molar-refractivity contribution in [3.8, 4) is 0 Å². The van der Waals surface area contributed by atoms with Crippen molar-refractivity contribution in [2.75, 3.05) is 0 Å². The first-order valence-electron chi connectivity index (χ1n) is 16.8. The van der Waals surface area contributed by atoms with Crippen LogP contribution in [0.1, 0.15) is 118 Å². The Balaban J connectivity index is 1.58. The number of hydrogen-bond acceptors (Lipinski definition) is 2. The van der Waals surface area contributed by atoms with Crippen molar-refractivity contribution >= 4 is 11.8 Å². The van der Waals surface area contributed by atoms with Crippen molar-refractivity contribution in [3.05, 3.63) is 0 Å². The van der Waals surface area contributed by atoms with Crippen LogP contribution in [0.2, 0.25) is 0 Å². The van der Waals surface area contributed by atoms with E-state index in [1.54, 1.807) is 0 Å². The Kier molecular flexibility index (Phi) is 10.8. The van der Waals surface area contributed by atoms with E-state index < -0.39 is 41.7 Å². The van der Waals surface area contributed by atoms with Crippen LogP contribution < -0.4 is 10.6 Å². The van der Waals surface area contributed by atoms with E-state index in [1.165, 1.54) is 0 Å². The molecule has 2 amide bonds. The number of amides is 2. The van der Waals surface area contributed by atoms with Gasteiger partial charge in [0.05, 0.1) is 0 Å². The highest BCUT2D eigenvalue weighted by atomic mass is 19.4. The van der Waals surface area contributed by atoms with Crippen LogP contribution in [0, 0.1) is 52.8 Å². The van der Waals surface area contributed by atoms with Gasteiger partial charge in [-0.15, -0.1) is 0 Å². The molecular formula is C33H52F6N2O2. The highest BCUT2D eigenvalue weighted by Gasteiger charge is 2.76. The summed E-state index contributed by atoms with van der Waals surface area (Å²) in [4.78, 5) is 26.3. The van der Waals surface area contributed by atoms with E-state index in [4.69, 9.17) is 0 Å². The van der Waals surface area contributed by atoms with Crippen LogP contribution >= 0.6 is 0 Å². The summed E-state index contributed by atoms with van der Waals surface area (Å²) in [6, 6.07) is -1.47. The van der Waals surface area contributed by atoms with Crippen molar-refractivity contribution in [1.82, 2.24) is 10.6 Å². The van der Waals surface area contributed by atoms with Crippen LogP contribution in [0.25, 0.3) is 0 Å². The molecule has 248 valence electrons. The maximum atomic E-state index is 15.2. The Labute approximate surface area is 253 Å². The summed E-state index contributed by atoms with van der Waals surface area (Å²) in [6.45, 7) is 7.76. The summed E-state index contributed by atoms with van der Waals surface area (Å²) in [6.07, 6.45) is -5.16. The van der Waals surface area contributed by atoms with Crippen molar-refractivity contribution in [1.29, 1.82) is 0 Å². The molecule has 2 N–H and O–H groups in total. The Morgan fingerprint density at radius 1 is 0.535 bits per heavy atom. The molecule has 0 heterocycles. The lowest BCUT2D eigenvalue weighted by Gasteiger charge is -2.53. The second kappa shape index (κ2) is 13.5. The molecule has 4 aliphatic rings. The number of rotatable bonds is 6. The Bertz CT molecular complexity index is 892. The van der Waals surface area contributed by atoms with E-state index in [0.29, 0.717) is 37.5 Å². The fourth-order valence-electron chi connectivity index (χ4n) is 9.24. The molecule has 0 radical (unpaired) electrons. The molecule has 4 saturated carbocycles. The molecule has 4 nitrogen and oxygen atoms in total. The zero-order valence-electron chi connectivity index (χ0n) is 26.3. The molecular weight excluding hydrogens is 570 g/mol. The molecule has 0 aromatic carbocycles. The van der Waals surface area contributed by atoms with Gasteiger partial charge in [0.2, 0.25) is 11.8 Å². The molecule has 4 aliphatic carbocycles. The van der Waals surface area contributed by atoms with Crippen LogP contribution in [-0.2, 0) is 9.59 Å². The SMILES string of the molecule is CC1CCCC(C(=O)NC2CC(C(C3CCC(C)C(NC(=O)C4CCCC(C)C4)C3)(C(F)(F)F)C(F)(F)F)CCC2C)C1. The van der Waals surface area contributed by atoms with Gasteiger partial charge in [-0.05, 0) is 99.7 Å². The minimum Gasteiger partial charge on any atom is -0.353 e. The third kappa shape index (κ3) is 7.34. The predicted molar refractivity (Wildman–Crippen MR) is 154 cm³/mol. The number of carbonyl (C=O) groups is 2. The van der Waals surface area contributed by atoms with Gasteiger partial charge < -0.3 is 10.6 Å². The summed E-state index contributed by atoms with van der Waals surface area (Å²) in [5.74, 6) is -4.05. The van der Waals surface area contributed by atoms with Crippen LogP contribution in [0.3, 0.4) is 0 Å². The Hall–Kier alpha value is -1.48. The van der Waals surface area contributed by atoms with Crippen molar-refractivity contribution in [2.24, 2.45) is 52.8 Å². The predicted octanol–water partition coefficient (Wildman–Crippen LogP) is 8.59. The summed E-state index contributed by atoms with van der Waals surface area (Å²) in [5, 5.41) is 5.84. The van der Waals surface area contributed by atoms with E-state index in [9.17, 15) is 9.59 Å². The molecule has 0 bridgehead atoms. The molecule has 4 rings (SSSR count). The minimum atomic E-state index is -5.53. The number of carbonyl (C=O) groups excluding carboxylic acids is 2. The minimum absolute atomic E-state index is 0.188. The van der Waals surface area contributed by atoms with Crippen LogP contribution in [0.5, 0.6) is 0 Å². The number of halogens is 6. The lowest BCUT2D eigenvalue weighted by molar-refractivity contribution is -0.383. The quantitative estimate of drug-likeness (QED) is 0.292.